The number of hydrogen-bond acceptors (Lipinski definition) is 6. The molecule has 1 unspecified atom stereocenters. The topological polar surface area (TPSA) is 89.0 Å². The lowest BCUT2D eigenvalue weighted by Crippen LogP contribution is -2.29. The number of aryl methyl sites for hydroxylation is 1. The van der Waals surface area contributed by atoms with Gasteiger partial charge >= 0.3 is 0 Å². The molecule has 168 valence electrons. The Morgan fingerprint density at radius 3 is 2.36 bits per heavy atom. The van der Waals surface area contributed by atoms with Crippen LogP contribution in [0.15, 0.2) is 72.6 Å². The van der Waals surface area contributed by atoms with Gasteiger partial charge in [-0.2, -0.15) is 0 Å². The number of pyridine rings is 1. The number of aliphatic hydroxyl groups is 1. The molecule has 1 aliphatic rings. The number of methoxy groups -OCH3 is 2. The minimum Gasteiger partial charge on any atom is -0.507 e. The number of nitrogens with zero attached hydrogens (tertiary/aromatic N) is 2. The Balaban J connectivity index is 1.85. The molecule has 1 amide bonds. The van der Waals surface area contributed by atoms with Crippen molar-refractivity contribution in [3.63, 3.8) is 0 Å². The van der Waals surface area contributed by atoms with Gasteiger partial charge in [0.25, 0.3) is 11.7 Å². The number of carbonyl (C=O) groups excluding carboxylic acids is 2. The molecule has 1 aromatic heterocycles. The Kier molecular flexibility index (Phi) is 6.13. The summed E-state index contributed by atoms with van der Waals surface area (Å²) in [6, 6.07) is 15.2. The average molecular weight is 444 g/mol. The number of ketones is 1. The maximum absolute atomic E-state index is 13.2. The lowest BCUT2D eigenvalue weighted by Gasteiger charge is -2.25. The Hall–Kier alpha value is -4.13. The van der Waals surface area contributed by atoms with E-state index in [0.717, 1.165) is 11.1 Å². The standard InChI is InChI=1S/C26H24N2O5/c1-16-13-20(33-3)7-8-21(16)24(29)22-23(18-9-11-27-12-10-18)28(26(31)25(22)30)15-17-5-4-6-19(14-17)32-2/h4-14,23,29H,15H2,1-3H3/b24-22-. The van der Waals surface area contributed by atoms with Gasteiger partial charge in [-0.05, 0) is 66.1 Å². The number of rotatable bonds is 6. The Labute approximate surface area is 191 Å². The fourth-order valence-corrected chi connectivity index (χ4v) is 4.08. The zero-order valence-electron chi connectivity index (χ0n) is 18.6. The summed E-state index contributed by atoms with van der Waals surface area (Å²) in [5.74, 6) is -0.338. The maximum atomic E-state index is 13.2. The number of benzene rings is 2. The molecule has 3 aromatic rings. The third kappa shape index (κ3) is 4.17. The van der Waals surface area contributed by atoms with Gasteiger partial charge in [-0.25, -0.2) is 0 Å². The summed E-state index contributed by atoms with van der Waals surface area (Å²) in [5, 5.41) is 11.3. The third-order valence-corrected chi connectivity index (χ3v) is 5.74. The second kappa shape index (κ2) is 9.16. The highest BCUT2D eigenvalue weighted by molar-refractivity contribution is 6.46. The van der Waals surface area contributed by atoms with E-state index in [4.69, 9.17) is 9.47 Å². The summed E-state index contributed by atoms with van der Waals surface area (Å²) in [5.41, 5.74) is 2.71. The van der Waals surface area contributed by atoms with Gasteiger partial charge in [0.1, 0.15) is 17.3 Å². The second-order valence-electron chi connectivity index (χ2n) is 7.74. The number of ether oxygens (including phenoxy) is 2. The van der Waals surface area contributed by atoms with Crippen LogP contribution >= 0.6 is 0 Å². The molecule has 0 radical (unpaired) electrons. The largest absolute Gasteiger partial charge is 0.507 e. The van der Waals surface area contributed by atoms with Crippen LogP contribution in [0, 0.1) is 6.92 Å². The molecule has 33 heavy (non-hydrogen) atoms. The van der Waals surface area contributed by atoms with E-state index < -0.39 is 17.7 Å². The number of hydrogen-bond donors (Lipinski definition) is 1. The molecule has 0 aliphatic carbocycles. The summed E-state index contributed by atoms with van der Waals surface area (Å²) < 4.78 is 10.5. The lowest BCUT2D eigenvalue weighted by molar-refractivity contribution is -0.140. The van der Waals surface area contributed by atoms with Crippen LogP contribution in [-0.2, 0) is 16.1 Å². The molecule has 7 heteroatoms. The third-order valence-electron chi connectivity index (χ3n) is 5.74. The van der Waals surface area contributed by atoms with Crippen molar-refractivity contribution in [3.05, 3.63) is 94.8 Å². The molecule has 7 nitrogen and oxygen atoms in total. The molecule has 2 aromatic carbocycles. The Morgan fingerprint density at radius 1 is 1.00 bits per heavy atom. The van der Waals surface area contributed by atoms with Crippen LogP contribution in [0.5, 0.6) is 11.5 Å². The fourth-order valence-electron chi connectivity index (χ4n) is 4.08. The highest BCUT2D eigenvalue weighted by atomic mass is 16.5. The zero-order chi connectivity index (χ0) is 23.5. The number of aromatic nitrogens is 1. The smallest absolute Gasteiger partial charge is 0.295 e. The Bertz CT molecular complexity index is 1240. The Morgan fingerprint density at radius 2 is 1.70 bits per heavy atom. The molecule has 1 aliphatic heterocycles. The van der Waals surface area contributed by atoms with Gasteiger partial charge < -0.3 is 19.5 Å². The van der Waals surface area contributed by atoms with E-state index in [2.05, 4.69) is 4.98 Å². The number of likely N-dealkylation sites (tertiary alicyclic amines) is 1. The van der Waals surface area contributed by atoms with Crippen molar-refractivity contribution in [1.82, 2.24) is 9.88 Å². The summed E-state index contributed by atoms with van der Waals surface area (Å²) in [4.78, 5) is 31.9. The average Bonchev–Trinajstić information content (AvgIpc) is 3.09. The molecule has 1 atom stereocenters. The molecule has 0 spiro atoms. The molecule has 0 saturated carbocycles. The van der Waals surface area contributed by atoms with E-state index in [9.17, 15) is 14.7 Å². The van der Waals surface area contributed by atoms with Crippen LogP contribution in [0.1, 0.15) is 28.3 Å². The number of Topliss-reactive ketones (excluding diaryl/α,β-unsaturated/α-hetero) is 1. The van der Waals surface area contributed by atoms with E-state index >= 15 is 0 Å². The SMILES string of the molecule is COc1cccc(CN2C(=O)C(=O)/C(=C(\O)c3ccc(OC)cc3C)C2c2ccncc2)c1. The molecule has 1 saturated heterocycles. The van der Waals surface area contributed by atoms with Gasteiger partial charge in [-0.15, -0.1) is 0 Å². The predicted molar refractivity (Wildman–Crippen MR) is 123 cm³/mol. The molecule has 4 rings (SSSR count). The highest BCUT2D eigenvalue weighted by Crippen LogP contribution is 2.41. The van der Waals surface area contributed by atoms with Crippen molar-refractivity contribution in [1.29, 1.82) is 0 Å². The first-order chi connectivity index (χ1) is 15.9. The van der Waals surface area contributed by atoms with Crippen LogP contribution in [0.2, 0.25) is 0 Å². The van der Waals surface area contributed by atoms with Crippen LogP contribution in [0.3, 0.4) is 0 Å². The molecule has 0 bridgehead atoms. The van der Waals surface area contributed by atoms with Gasteiger partial charge in [0, 0.05) is 24.5 Å². The van der Waals surface area contributed by atoms with Gasteiger partial charge in [-0.1, -0.05) is 12.1 Å². The van der Waals surface area contributed by atoms with E-state index in [1.807, 2.05) is 31.2 Å². The molecule has 1 N–H and O–H groups in total. The first kappa shape index (κ1) is 22.1. The van der Waals surface area contributed by atoms with Crippen LogP contribution in [-0.4, -0.2) is 40.9 Å². The number of aliphatic hydroxyl groups excluding tert-OH is 1. The van der Waals surface area contributed by atoms with Crippen LogP contribution < -0.4 is 9.47 Å². The van der Waals surface area contributed by atoms with Gasteiger partial charge in [0.2, 0.25) is 0 Å². The quantitative estimate of drug-likeness (QED) is 0.351. The van der Waals surface area contributed by atoms with E-state index in [1.54, 1.807) is 56.9 Å². The van der Waals surface area contributed by atoms with E-state index in [0.29, 0.717) is 22.6 Å². The minimum atomic E-state index is -0.763. The number of carbonyl (C=O) groups is 2. The van der Waals surface area contributed by atoms with Crippen molar-refractivity contribution in [3.8, 4) is 11.5 Å². The van der Waals surface area contributed by atoms with Crippen LogP contribution in [0.4, 0.5) is 0 Å². The first-order valence-electron chi connectivity index (χ1n) is 10.4. The van der Waals surface area contributed by atoms with E-state index in [1.165, 1.54) is 4.90 Å². The summed E-state index contributed by atoms with van der Waals surface area (Å²) in [6.07, 6.45) is 3.19. The monoisotopic (exact) mass is 444 g/mol. The van der Waals surface area contributed by atoms with Gasteiger partial charge in [0.15, 0.2) is 0 Å². The van der Waals surface area contributed by atoms with Crippen molar-refractivity contribution in [2.45, 2.75) is 19.5 Å². The summed E-state index contributed by atoms with van der Waals surface area (Å²) >= 11 is 0. The van der Waals surface area contributed by atoms with Crippen molar-refractivity contribution >= 4 is 17.4 Å². The summed E-state index contributed by atoms with van der Waals surface area (Å²) in [6.45, 7) is 1.98. The highest BCUT2D eigenvalue weighted by Gasteiger charge is 2.46. The van der Waals surface area contributed by atoms with Crippen LogP contribution in [0.25, 0.3) is 5.76 Å². The second-order valence-corrected chi connectivity index (χ2v) is 7.74. The number of amides is 1. The molecular formula is C26H24N2O5. The molecular weight excluding hydrogens is 420 g/mol. The molecule has 1 fully saturated rings. The minimum absolute atomic E-state index is 0.0439. The lowest BCUT2D eigenvalue weighted by atomic mass is 9.94. The maximum Gasteiger partial charge on any atom is 0.295 e. The van der Waals surface area contributed by atoms with Gasteiger partial charge in [-0.3, -0.25) is 14.6 Å². The van der Waals surface area contributed by atoms with E-state index in [-0.39, 0.29) is 17.9 Å². The van der Waals surface area contributed by atoms with Gasteiger partial charge in [0.05, 0.1) is 25.8 Å². The fraction of sp³-hybridized carbons (Fsp3) is 0.192. The van der Waals surface area contributed by atoms with Crippen molar-refractivity contribution < 1.29 is 24.2 Å². The first-order valence-corrected chi connectivity index (χ1v) is 10.4. The molecule has 2 heterocycles. The predicted octanol–water partition coefficient (Wildman–Crippen LogP) is 4.03. The normalized spacial score (nSPS) is 17.3. The van der Waals surface area contributed by atoms with Crippen molar-refractivity contribution in [2.75, 3.05) is 14.2 Å². The van der Waals surface area contributed by atoms with Crippen molar-refractivity contribution in [2.24, 2.45) is 0 Å². The summed E-state index contributed by atoms with van der Waals surface area (Å²) in [7, 11) is 3.13. The zero-order valence-corrected chi connectivity index (χ0v) is 18.6.